The van der Waals surface area contributed by atoms with E-state index in [1.165, 1.54) is 25.2 Å². The van der Waals surface area contributed by atoms with Crippen LogP contribution >= 0.6 is 0 Å². The van der Waals surface area contributed by atoms with Gasteiger partial charge in [0.25, 0.3) is 5.91 Å². The van der Waals surface area contributed by atoms with Crippen molar-refractivity contribution in [3.8, 4) is 0 Å². The van der Waals surface area contributed by atoms with Gasteiger partial charge < -0.3 is 10.6 Å². The van der Waals surface area contributed by atoms with Gasteiger partial charge in [-0.25, -0.2) is 0 Å². The third-order valence-corrected chi connectivity index (χ3v) is 2.27. The number of carbonyl (C=O) groups is 1. The number of carbonyl (C=O) groups excluding carboxylic acids is 1. The van der Waals surface area contributed by atoms with Gasteiger partial charge in [0.15, 0.2) is 0 Å². The van der Waals surface area contributed by atoms with Crippen molar-refractivity contribution >= 4 is 5.91 Å². The molecule has 0 unspecified atom stereocenters. The third kappa shape index (κ3) is 3.28. The van der Waals surface area contributed by atoms with Crippen LogP contribution in [-0.4, -0.2) is 35.2 Å². The third-order valence-electron chi connectivity index (χ3n) is 2.27. The molecule has 2 N–H and O–H groups in total. The van der Waals surface area contributed by atoms with E-state index in [-0.39, 0.29) is 5.91 Å². The van der Waals surface area contributed by atoms with E-state index in [1.54, 1.807) is 6.07 Å². The van der Waals surface area contributed by atoms with E-state index in [0.717, 1.165) is 6.54 Å². The molecule has 0 aliphatic heterocycles. The minimum absolute atomic E-state index is 0.0949. The molecule has 2 rings (SSSR count). The van der Waals surface area contributed by atoms with Crippen LogP contribution in [-0.2, 0) is 0 Å². The van der Waals surface area contributed by atoms with Crippen LogP contribution < -0.4 is 10.6 Å². The summed E-state index contributed by atoms with van der Waals surface area (Å²) in [5, 5.41) is 13.4. The molecule has 0 aromatic carbocycles. The predicted molar refractivity (Wildman–Crippen MR) is 55.4 cm³/mol. The fraction of sp³-hybridized carbons (Fsp3) is 0.500. The number of aromatic nitrogens is 2. The average molecular weight is 206 g/mol. The Kier molecular flexibility index (Phi) is 3.24. The predicted octanol–water partition coefficient (Wildman–Crippen LogP) is -0.0416. The lowest BCUT2D eigenvalue weighted by Crippen LogP contribution is -2.32. The Balaban J connectivity index is 1.67. The van der Waals surface area contributed by atoms with Gasteiger partial charge in [-0.2, -0.15) is 10.2 Å². The van der Waals surface area contributed by atoms with Gasteiger partial charge in [0.2, 0.25) is 0 Å². The van der Waals surface area contributed by atoms with Crippen LogP contribution in [0.2, 0.25) is 0 Å². The fourth-order valence-corrected chi connectivity index (χ4v) is 1.27. The molecule has 0 radical (unpaired) electrons. The van der Waals surface area contributed by atoms with Gasteiger partial charge in [0.05, 0.1) is 18.0 Å². The maximum absolute atomic E-state index is 11.5. The molecular formula is C10H14N4O. The number of rotatable bonds is 5. The maximum Gasteiger partial charge on any atom is 0.253 e. The summed E-state index contributed by atoms with van der Waals surface area (Å²) >= 11 is 0. The van der Waals surface area contributed by atoms with E-state index in [0.29, 0.717) is 18.2 Å². The van der Waals surface area contributed by atoms with Gasteiger partial charge in [-0.15, -0.1) is 0 Å². The van der Waals surface area contributed by atoms with Crippen LogP contribution in [0.25, 0.3) is 0 Å². The van der Waals surface area contributed by atoms with Crippen molar-refractivity contribution in [1.29, 1.82) is 0 Å². The Morgan fingerprint density at radius 1 is 1.40 bits per heavy atom. The van der Waals surface area contributed by atoms with Crippen LogP contribution in [0, 0.1) is 0 Å². The van der Waals surface area contributed by atoms with Gasteiger partial charge in [-0.05, 0) is 18.9 Å². The number of nitrogens with one attached hydrogen (secondary N) is 2. The lowest BCUT2D eigenvalue weighted by Gasteiger charge is -2.05. The highest BCUT2D eigenvalue weighted by Gasteiger charge is 2.19. The molecule has 1 heterocycles. The Morgan fingerprint density at radius 2 is 2.27 bits per heavy atom. The first-order chi connectivity index (χ1) is 7.36. The van der Waals surface area contributed by atoms with E-state index in [2.05, 4.69) is 20.8 Å². The van der Waals surface area contributed by atoms with Gasteiger partial charge in [-0.3, -0.25) is 4.79 Å². The van der Waals surface area contributed by atoms with Crippen LogP contribution in [0.15, 0.2) is 18.5 Å². The Morgan fingerprint density at radius 3 is 2.93 bits per heavy atom. The second-order valence-electron chi connectivity index (χ2n) is 3.62. The molecule has 0 saturated heterocycles. The smallest absolute Gasteiger partial charge is 0.253 e. The van der Waals surface area contributed by atoms with Crippen molar-refractivity contribution in [2.45, 2.75) is 18.9 Å². The van der Waals surface area contributed by atoms with Crippen molar-refractivity contribution in [1.82, 2.24) is 20.8 Å². The summed E-state index contributed by atoms with van der Waals surface area (Å²) in [5.74, 6) is -0.0949. The zero-order valence-corrected chi connectivity index (χ0v) is 8.44. The van der Waals surface area contributed by atoms with Gasteiger partial charge in [0, 0.05) is 19.1 Å². The largest absolute Gasteiger partial charge is 0.351 e. The molecule has 1 fully saturated rings. The standard InChI is InChI=1S/C10H14N4O/c15-10(8-3-4-13-14-7-8)12-6-5-11-9-1-2-9/h3-4,7,9,11H,1-2,5-6H2,(H,12,15). The van der Waals surface area contributed by atoms with Crippen molar-refractivity contribution in [3.05, 3.63) is 24.0 Å². The van der Waals surface area contributed by atoms with Crippen LogP contribution in [0.5, 0.6) is 0 Å². The van der Waals surface area contributed by atoms with E-state index in [9.17, 15) is 4.79 Å². The molecular weight excluding hydrogens is 192 g/mol. The molecule has 0 bridgehead atoms. The first-order valence-corrected chi connectivity index (χ1v) is 5.14. The molecule has 5 nitrogen and oxygen atoms in total. The Bertz CT molecular complexity index is 323. The Labute approximate surface area is 88.3 Å². The second kappa shape index (κ2) is 4.84. The normalized spacial score (nSPS) is 14.9. The molecule has 0 spiro atoms. The molecule has 5 heteroatoms. The average Bonchev–Trinajstić information content (AvgIpc) is 3.09. The highest BCUT2D eigenvalue weighted by Crippen LogP contribution is 2.17. The minimum Gasteiger partial charge on any atom is -0.351 e. The summed E-state index contributed by atoms with van der Waals surface area (Å²) in [6, 6.07) is 2.33. The lowest BCUT2D eigenvalue weighted by molar-refractivity contribution is 0.0953. The number of hydrogen-bond acceptors (Lipinski definition) is 4. The van der Waals surface area contributed by atoms with Gasteiger partial charge in [-0.1, -0.05) is 0 Å². The molecule has 1 aromatic heterocycles. The van der Waals surface area contributed by atoms with Crippen LogP contribution in [0.3, 0.4) is 0 Å². The molecule has 1 amide bonds. The van der Waals surface area contributed by atoms with Crippen molar-refractivity contribution in [3.63, 3.8) is 0 Å². The van der Waals surface area contributed by atoms with Crippen molar-refractivity contribution in [2.24, 2.45) is 0 Å². The lowest BCUT2D eigenvalue weighted by atomic mass is 10.3. The zero-order chi connectivity index (χ0) is 10.5. The molecule has 80 valence electrons. The molecule has 1 saturated carbocycles. The molecule has 1 aliphatic carbocycles. The second-order valence-corrected chi connectivity index (χ2v) is 3.62. The minimum atomic E-state index is -0.0949. The van der Waals surface area contributed by atoms with E-state index >= 15 is 0 Å². The quantitative estimate of drug-likeness (QED) is 0.663. The molecule has 15 heavy (non-hydrogen) atoms. The van der Waals surface area contributed by atoms with E-state index in [1.807, 2.05) is 0 Å². The van der Waals surface area contributed by atoms with Crippen molar-refractivity contribution in [2.75, 3.05) is 13.1 Å². The number of nitrogens with zero attached hydrogens (tertiary/aromatic N) is 2. The molecule has 0 atom stereocenters. The first-order valence-electron chi connectivity index (χ1n) is 5.14. The summed E-state index contributed by atoms with van der Waals surface area (Å²) in [6.07, 6.45) is 5.51. The molecule has 1 aliphatic rings. The van der Waals surface area contributed by atoms with Gasteiger partial charge >= 0.3 is 0 Å². The first kappa shape index (κ1) is 10.0. The SMILES string of the molecule is O=C(NCCNC1CC1)c1ccnnc1. The monoisotopic (exact) mass is 206 g/mol. The zero-order valence-electron chi connectivity index (χ0n) is 8.44. The highest BCUT2D eigenvalue weighted by atomic mass is 16.1. The summed E-state index contributed by atoms with van der Waals surface area (Å²) in [4.78, 5) is 11.5. The van der Waals surface area contributed by atoms with Gasteiger partial charge in [0.1, 0.15) is 0 Å². The summed E-state index contributed by atoms with van der Waals surface area (Å²) in [7, 11) is 0. The molecule has 1 aromatic rings. The van der Waals surface area contributed by atoms with Crippen molar-refractivity contribution < 1.29 is 4.79 Å². The maximum atomic E-state index is 11.5. The fourth-order valence-electron chi connectivity index (χ4n) is 1.27. The topological polar surface area (TPSA) is 66.9 Å². The Hall–Kier alpha value is -1.49. The summed E-state index contributed by atoms with van der Waals surface area (Å²) in [5.41, 5.74) is 0.552. The van der Waals surface area contributed by atoms with E-state index < -0.39 is 0 Å². The number of amides is 1. The van der Waals surface area contributed by atoms with Crippen LogP contribution in [0.1, 0.15) is 23.2 Å². The number of hydrogen-bond donors (Lipinski definition) is 2. The highest BCUT2D eigenvalue weighted by molar-refractivity contribution is 5.93. The van der Waals surface area contributed by atoms with Crippen LogP contribution in [0.4, 0.5) is 0 Å². The van der Waals surface area contributed by atoms with E-state index in [4.69, 9.17) is 0 Å². The summed E-state index contributed by atoms with van der Waals surface area (Å²) in [6.45, 7) is 1.48. The summed E-state index contributed by atoms with van der Waals surface area (Å²) < 4.78 is 0.